The van der Waals surface area contributed by atoms with Crippen molar-refractivity contribution in [3.8, 4) is 11.1 Å². The van der Waals surface area contributed by atoms with Crippen molar-refractivity contribution in [3.63, 3.8) is 0 Å². The van der Waals surface area contributed by atoms with Gasteiger partial charge in [0.05, 0.1) is 0 Å². The fourth-order valence-electron chi connectivity index (χ4n) is 1.46. The first-order valence-corrected chi connectivity index (χ1v) is 5.26. The molecule has 0 aliphatic heterocycles. The summed E-state index contributed by atoms with van der Waals surface area (Å²) in [5.41, 5.74) is 2.47. The van der Waals surface area contributed by atoms with Crippen LogP contribution in [0.1, 0.15) is 17.3 Å². The van der Waals surface area contributed by atoms with E-state index in [1.54, 1.807) is 12.4 Å². The van der Waals surface area contributed by atoms with Crippen LogP contribution in [0.2, 0.25) is 5.02 Å². The fourth-order valence-corrected chi connectivity index (χ4v) is 1.65. The summed E-state index contributed by atoms with van der Waals surface area (Å²) in [7, 11) is 0. The highest BCUT2D eigenvalue weighted by Gasteiger charge is 2.03. The standard InChI is InChI=1S/C13H10ClNO/c1-9(16)11-5-12(8-15-7-11)10-3-2-4-13(14)6-10/h2-8H,1H3. The predicted molar refractivity (Wildman–Crippen MR) is 64.7 cm³/mol. The third kappa shape index (κ3) is 2.28. The van der Waals surface area contributed by atoms with E-state index in [4.69, 9.17) is 11.6 Å². The van der Waals surface area contributed by atoms with Crippen molar-refractivity contribution in [2.45, 2.75) is 6.92 Å². The number of ketones is 1. The maximum absolute atomic E-state index is 11.2. The minimum atomic E-state index is 0.0105. The molecule has 1 heterocycles. The number of rotatable bonds is 2. The van der Waals surface area contributed by atoms with Crippen molar-refractivity contribution < 1.29 is 4.79 Å². The molecule has 2 nitrogen and oxygen atoms in total. The van der Waals surface area contributed by atoms with E-state index in [2.05, 4.69) is 4.98 Å². The van der Waals surface area contributed by atoms with Crippen LogP contribution in [-0.2, 0) is 0 Å². The smallest absolute Gasteiger partial charge is 0.161 e. The number of nitrogens with zero attached hydrogens (tertiary/aromatic N) is 1. The molecule has 0 amide bonds. The average Bonchev–Trinajstić information content (AvgIpc) is 2.29. The maximum Gasteiger partial charge on any atom is 0.161 e. The van der Waals surface area contributed by atoms with Crippen LogP contribution in [-0.4, -0.2) is 10.8 Å². The molecular weight excluding hydrogens is 222 g/mol. The largest absolute Gasteiger partial charge is 0.294 e. The Morgan fingerprint density at radius 1 is 1.19 bits per heavy atom. The molecule has 1 aromatic carbocycles. The van der Waals surface area contributed by atoms with Gasteiger partial charge in [0.25, 0.3) is 0 Å². The van der Waals surface area contributed by atoms with Crippen molar-refractivity contribution in [2.75, 3.05) is 0 Å². The lowest BCUT2D eigenvalue weighted by Crippen LogP contribution is -1.93. The third-order valence-corrected chi connectivity index (χ3v) is 2.54. The Kier molecular flexibility index (Phi) is 3.02. The van der Waals surface area contributed by atoms with E-state index in [-0.39, 0.29) is 5.78 Å². The predicted octanol–water partition coefficient (Wildman–Crippen LogP) is 3.60. The molecule has 0 radical (unpaired) electrons. The lowest BCUT2D eigenvalue weighted by atomic mass is 10.1. The number of carbonyl (C=O) groups is 1. The van der Waals surface area contributed by atoms with Gasteiger partial charge in [0.2, 0.25) is 0 Å². The number of aromatic nitrogens is 1. The first-order valence-electron chi connectivity index (χ1n) is 4.89. The molecular formula is C13H10ClNO. The Balaban J connectivity index is 2.48. The van der Waals surface area contributed by atoms with E-state index in [0.717, 1.165) is 11.1 Å². The molecule has 0 fully saturated rings. The van der Waals surface area contributed by atoms with Gasteiger partial charge in [-0.3, -0.25) is 9.78 Å². The van der Waals surface area contributed by atoms with Crippen molar-refractivity contribution in [3.05, 3.63) is 53.3 Å². The molecule has 0 N–H and O–H groups in total. The van der Waals surface area contributed by atoms with E-state index >= 15 is 0 Å². The molecule has 0 aliphatic rings. The summed E-state index contributed by atoms with van der Waals surface area (Å²) < 4.78 is 0. The van der Waals surface area contributed by atoms with Crippen molar-refractivity contribution in [2.24, 2.45) is 0 Å². The monoisotopic (exact) mass is 231 g/mol. The number of pyridine rings is 1. The van der Waals surface area contributed by atoms with Gasteiger partial charge >= 0.3 is 0 Å². The van der Waals surface area contributed by atoms with Gasteiger partial charge in [0.1, 0.15) is 0 Å². The Morgan fingerprint density at radius 3 is 2.69 bits per heavy atom. The number of Topliss-reactive ketones (excluding diaryl/α,β-unsaturated/α-hetero) is 1. The van der Waals surface area contributed by atoms with Gasteiger partial charge in [-0.15, -0.1) is 0 Å². The Hall–Kier alpha value is -1.67. The van der Waals surface area contributed by atoms with Gasteiger partial charge in [-0.2, -0.15) is 0 Å². The Labute approximate surface area is 98.9 Å². The maximum atomic E-state index is 11.2. The van der Waals surface area contributed by atoms with Gasteiger partial charge in [-0.25, -0.2) is 0 Å². The van der Waals surface area contributed by atoms with Crippen molar-refractivity contribution in [1.82, 2.24) is 4.98 Å². The normalized spacial score (nSPS) is 10.1. The van der Waals surface area contributed by atoms with Crippen LogP contribution in [0, 0.1) is 0 Å². The summed E-state index contributed by atoms with van der Waals surface area (Å²) in [6.07, 6.45) is 3.29. The summed E-state index contributed by atoms with van der Waals surface area (Å²) in [4.78, 5) is 15.3. The molecule has 0 spiro atoms. The van der Waals surface area contributed by atoms with Crippen LogP contribution < -0.4 is 0 Å². The molecule has 2 rings (SSSR count). The molecule has 80 valence electrons. The van der Waals surface area contributed by atoms with Crippen LogP contribution in [0.5, 0.6) is 0 Å². The quantitative estimate of drug-likeness (QED) is 0.739. The molecule has 0 unspecified atom stereocenters. The van der Waals surface area contributed by atoms with E-state index in [9.17, 15) is 4.79 Å². The molecule has 16 heavy (non-hydrogen) atoms. The SMILES string of the molecule is CC(=O)c1cncc(-c2cccc(Cl)c2)c1. The van der Waals surface area contributed by atoms with Crippen LogP contribution in [0.15, 0.2) is 42.7 Å². The molecule has 3 heteroatoms. The summed E-state index contributed by atoms with van der Waals surface area (Å²) >= 11 is 5.91. The first kappa shape index (κ1) is 10.8. The highest BCUT2D eigenvalue weighted by Crippen LogP contribution is 2.22. The fraction of sp³-hybridized carbons (Fsp3) is 0.0769. The highest BCUT2D eigenvalue weighted by molar-refractivity contribution is 6.30. The second-order valence-corrected chi connectivity index (χ2v) is 3.97. The number of hydrogen-bond acceptors (Lipinski definition) is 2. The molecule has 0 aliphatic carbocycles. The van der Waals surface area contributed by atoms with Crippen molar-refractivity contribution >= 4 is 17.4 Å². The van der Waals surface area contributed by atoms with E-state index in [1.807, 2.05) is 30.3 Å². The summed E-state index contributed by atoms with van der Waals surface area (Å²) in [5.74, 6) is 0.0105. The summed E-state index contributed by atoms with van der Waals surface area (Å²) in [6.45, 7) is 1.53. The lowest BCUT2D eigenvalue weighted by Gasteiger charge is -2.03. The number of carbonyl (C=O) groups excluding carboxylic acids is 1. The zero-order chi connectivity index (χ0) is 11.5. The highest BCUT2D eigenvalue weighted by atomic mass is 35.5. The van der Waals surface area contributed by atoms with E-state index in [0.29, 0.717) is 10.6 Å². The molecule has 0 bridgehead atoms. The summed E-state index contributed by atoms with van der Waals surface area (Å²) in [6, 6.07) is 9.29. The van der Waals surface area contributed by atoms with Crippen LogP contribution in [0.25, 0.3) is 11.1 Å². The van der Waals surface area contributed by atoms with Crippen LogP contribution in [0.3, 0.4) is 0 Å². The van der Waals surface area contributed by atoms with Crippen molar-refractivity contribution in [1.29, 1.82) is 0 Å². The Bertz CT molecular complexity index is 537. The number of hydrogen-bond donors (Lipinski definition) is 0. The van der Waals surface area contributed by atoms with Crippen LogP contribution in [0.4, 0.5) is 0 Å². The van der Waals surface area contributed by atoms with Gasteiger partial charge in [-0.05, 0) is 30.7 Å². The van der Waals surface area contributed by atoms with Crippen LogP contribution >= 0.6 is 11.6 Å². The minimum absolute atomic E-state index is 0.0105. The van der Waals surface area contributed by atoms with E-state index in [1.165, 1.54) is 6.92 Å². The number of benzene rings is 1. The molecule has 1 aromatic heterocycles. The Morgan fingerprint density at radius 2 is 2.00 bits per heavy atom. The zero-order valence-corrected chi connectivity index (χ0v) is 9.53. The lowest BCUT2D eigenvalue weighted by molar-refractivity contribution is 0.101. The molecule has 2 aromatic rings. The topological polar surface area (TPSA) is 30.0 Å². The average molecular weight is 232 g/mol. The van der Waals surface area contributed by atoms with Gasteiger partial charge in [0, 0.05) is 28.5 Å². The third-order valence-electron chi connectivity index (χ3n) is 2.30. The number of halogens is 1. The molecule has 0 saturated heterocycles. The van der Waals surface area contributed by atoms with Gasteiger partial charge < -0.3 is 0 Å². The minimum Gasteiger partial charge on any atom is -0.294 e. The molecule has 0 atom stereocenters. The van der Waals surface area contributed by atoms with Gasteiger partial charge in [-0.1, -0.05) is 23.7 Å². The zero-order valence-electron chi connectivity index (χ0n) is 8.77. The first-order chi connectivity index (χ1) is 7.66. The summed E-state index contributed by atoms with van der Waals surface area (Å²) in [5, 5.41) is 0.672. The molecule has 0 saturated carbocycles. The second-order valence-electron chi connectivity index (χ2n) is 3.53. The van der Waals surface area contributed by atoms with E-state index < -0.39 is 0 Å². The van der Waals surface area contributed by atoms with Gasteiger partial charge in [0.15, 0.2) is 5.78 Å². The second kappa shape index (κ2) is 4.45.